The molecule has 0 spiro atoms. The lowest BCUT2D eigenvalue weighted by Gasteiger charge is -2.30. The van der Waals surface area contributed by atoms with E-state index >= 15 is 0 Å². The maximum atomic E-state index is 13.4. The fourth-order valence-corrected chi connectivity index (χ4v) is 6.91. The van der Waals surface area contributed by atoms with Gasteiger partial charge in [-0.05, 0) is 64.0 Å². The Kier molecular flexibility index (Phi) is 7.79. The van der Waals surface area contributed by atoms with E-state index in [1.54, 1.807) is 32.1 Å². The van der Waals surface area contributed by atoms with Crippen LogP contribution in [-0.2, 0) is 26.0 Å². The number of ether oxygens (including phenoxy) is 1. The first kappa shape index (κ1) is 24.5. The largest absolute Gasteiger partial charge is 0.462 e. The third kappa shape index (κ3) is 5.07. The smallest absolute Gasteiger partial charge is 0.341 e. The van der Waals surface area contributed by atoms with Gasteiger partial charge >= 0.3 is 5.97 Å². The highest BCUT2D eigenvalue weighted by molar-refractivity contribution is 7.89. The number of carbonyl (C=O) groups is 2. The third-order valence-electron chi connectivity index (χ3n) is 5.84. The molecular weight excluding hydrogens is 450 g/mol. The van der Waals surface area contributed by atoms with E-state index in [1.807, 2.05) is 5.38 Å². The number of esters is 1. The zero-order valence-corrected chi connectivity index (χ0v) is 20.6. The van der Waals surface area contributed by atoms with Gasteiger partial charge < -0.3 is 15.0 Å². The maximum absolute atomic E-state index is 13.4. The van der Waals surface area contributed by atoms with Crippen LogP contribution in [-0.4, -0.2) is 55.8 Å². The average molecular weight is 482 g/mol. The molecule has 8 nitrogen and oxygen atoms in total. The first-order valence-electron chi connectivity index (χ1n) is 10.8. The van der Waals surface area contributed by atoms with Crippen LogP contribution in [0.1, 0.15) is 52.0 Å². The predicted octanol–water partition coefficient (Wildman–Crippen LogP) is 2.94. The summed E-state index contributed by atoms with van der Waals surface area (Å²) in [5.41, 5.74) is 2.18. The van der Waals surface area contributed by atoms with Crippen LogP contribution in [0.15, 0.2) is 16.3 Å². The maximum Gasteiger partial charge on any atom is 0.341 e. The van der Waals surface area contributed by atoms with E-state index in [-0.39, 0.29) is 42.0 Å². The molecule has 0 bridgehead atoms. The molecule has 3 heterocycles. The summed E-state index contributed by atoms with van der Waals surface area (Å²) in [6, 6.07) is 2.07. The SMILES string of the molecule is CCOC(=O)c1c(C)[nH]c(C)c1S(=O)(=O)N1CCC(C(=O)NCCc2sccc2C)CC1. The summed E-state index contributed by atoms with van der Waals surface area (Å²) < 4.78 is 33.2. The van der Waals surface area contributed by atoms with E-state index in [4.69, 9.17) is 4.74 Å². The first-order valence-corrected chi connectivity index (χ1v) is 13.2. The van der Waals surface area contributed by atoms with Gasteiger partial charge in [0.1, 0.15) is 10.5 Å². The molecule has 2 aromatic rings. The molecule has 0 atom stereocenters. The summed E-state index contributed by atoms with van der Waals surface area (Å²) in [5.74, 6) is -0.898. The van der Waals surface area contributed by atoms with E-state index in [0.29, 0.717) is 30.8 Å². The second-order valence-corrected chi connectivity index (χ2v) is 10.9. The van der Waals surface area contributed by atoms with Crippen LogP contribution in [0.2, 0.25) is 0 Å². The van der Waals surface area contributed by atoms with Crippen molar-refractivity contribution in [3.05, 3.63) is 38.8 Å². The molecule has 1 aliphatic heterocycles. The number of rotatable bonds is 8. The number of aryl methyl sites for hydroxylation is 3. The van der Waals surface area contributed by atoms with Crippen molar-refractivity contribution in [2.24, 2.45) is 5.92 Å². The molecule has 3 rings (SSSR count). The second-order valence-electron chi connectivity index (χ2n) is 8.05. The number of amides is 1. The fourth-order valence-electron chi connectivity index (χ4n) is 4.12. The van der Waals surface area contributed by atoms with Crippen LogP contribution >= 0.6 is 11.3 Å². The Labute approximate surface area is 193 Å². The number of aromatic nitrogens is 1. The number of nitrogens with one attached hydrogen (secondary N) is 2. The van der Waals surface area contributed by atoms with Crippen molar-refractivity contribution in [2.45, 2.75) is 51.9 Å². The highest BCUT2D eigenvalue weighted by atomic mass is 32.2. The minimum absolute atomic E-state index is 0.0253. The highest BCUT2D eigenvalue weighted by Crippen LogP contribution is 2.30. The summed E-state index contributed by atoms with van der Waals surface area (Å²) in [5, 5.41) is 5.03. The molecule has 0 unspecified atom stereocenters. The number of nitrogens with zero attached hydrogens (tertiary/aromatic N) is 1. The van der Waals surface area contributed by atoms with Crippen molar-refractivity contribution in [2.75, 3.05) is 26.2 Å². The van der Waals surface area contributed by atoms with Gasteiger partial charge in [-0.2, -0.15) is 4.31 Å². The van der Waals surface area contributed by atoms with E-state index < -0.39 is 16.0 Å². The molecule has 0 aromatic carbocycles. The van der Waals surface area contributed by atoms with Crippen LogP contribution in [0.25, 0.3) is 0 Å². The van der Waals surface area contributed by atoms with Crippen molar-refractivity contribution in [1.82, 2.24) is 14.6 Å². The lowest BCUT2D eigenvalue weighted by Crippen LogP contribution is -2.43. The van der Waals surface area contributed by atoms with Crippen molar-refractivity contribution < 1.29 is 22.7 Å². The molecule has 1 saturated heterocycles. The standard InChI is InChI=1S/C22H31N3O5S2/c1-5-30-22(27)19-15(3)24-16(4)20(19)32(28,29)25-11-7-17(8-12-25)21(26)23-10-6-18-14(2)9-13-31-18/h9,13,17,24H,5-8,10-12H2,1-4H3,(H,23,26). The average Bonchev–Trinajstić information content (AvgIpc) is 3.30. The molecule has 2 N–H and O–H groups in total. The summed E-state index contributed by atoms with van der Waals surface area (Å²) in [6.45, 7) is 8.23. The van der Waals surface area contributed by atoms with Gasteiger partial charge in [0.2, 0.25) is 15.9 Å². The fraction of sp³-hybridized carbons (Fsp3) is 0.545. The van der Waals surface area contributed by atoms with Gasteiger partial charge in [0.15, 0.2) is 0 Å². The normalized spacial score (nSPS) is 15.6. The first-order chi connectivity index (χ1) is 15.2. The molecule has 10 heteroatoms. The molecule has 0 aliphatic carbocycles. The number of H-pyrrole nitrogens is 1. The number of hydrogen-bond acceptors (Lipinski definition) is 6. The Bertz CT molecular complexity index is 1080. The third-order valence-corrected chi connectivity index (χ3v) is 8.99. The molecule has 0 radical (unpaired) electrons. The van der Waals surface area contributed by atoms with Crippen LogP contribution in [0.5, 0.6) is 0 Å². The number of thiophene rings is 1. The van der Waals surface area contributed by atoms with E-state index in [0.717, 1.165) is 6.42 Å². The molecule has 1 amide bonds. The van der Waals surface area contributed by atoms with Crippen LogP contribution in [0, 0.1) is 26.7 Å². The molecule has 176 valence electrons. The van der Waals surface area contributed by atoms with Gasteiger partial charge in [-0.15, -0.1) is 11.3 Å². The van der Waals surface area contributed by atoms with Crippen LogP contribution < -0.4 is 5.32 Å². The lowest BCUT2D eigenvalue weighted by molar-refractivity contribution is -0.126. The number of aromatic amines is 1. The highest BCUT2D eigenvalue weighted by Gasteiger charge is 2.37. The number of sulfonamides is 1. The Morgan fingerprint density at radius 1 is 1.22 bits per heavy atom. The van der Waals surface area contributed by atoms with Crippen molar-refractivity contribution in [1.29, 1.82) is 0 Å². The van der Waals surface area contributed by atoms with Crippen molar-refractivity contribution in [3.63, 3.8) is 0 Å². The van der Waals surface area contributed by atoms with Gasteiger partial charge in [0, 0.05) is 41.8 Å². The monoisotopic (exact) mass is 481 g/mol. The van der Waals surface area contributed by atoms with Gasteiger partial charge in [0.05, 0.1) is 6.61 Å². The van der Waals surface area contributed by atoms with Gasteiger partial charge in [0.25, 0.3) is 0 Å². The van der Waals surface area contributed by atoms with E-state index in [1.165, 1.54) is 14.7 Å². The summed E-state index contributed by atoms with van der Waals surface area (Å²) in [7, 11) is -3.90. The number of hydrogen-bond donors (Lipinski definition) is 2. The predicted molar refractivity (Wildman–Crippen MR) is 123 cm³/mol. The van der Waals surface area contributed by atoms with Crippen molar-refractivity contribution in [3.8, 4) is 0 Å². The van der Waals surface area contributed by atoms with Gasteiger partial charge in [-0.25, -0.2) is 13.2 Å². The summed E-state index contributed by atoms with van der Waals surface area (Å²) in [4.78, 5) is 29.2. The van der Waals surface area contributed by atoms with Crippen LogP contribution in [0.3, 0.4) is 0 Å². The minimum atomic E-state index is -3.90. The van der Waals surface area contributed by atoms with Gasteiger partial charge in [-0.3, -0.25) is 4.79 Å². The zero-order valence-electron chi connectivity index (χ0n) is 19.0. The molecule has 1 fully saturated rings. The Balaban J connectivity index is 1.63. The molecule has 2 aromatic heterocycles. The second kappa shape index (κ2) is 10.2. The minimum Gasteiger partial charge on any atom is -0.462 e. The van der Waals surface area contributed by atoms with Gasteiger partial charge in [-0.1, -0.05) is 0 Å². The van der Waals surface area contributed by atoms with E-state index in [9.17, 15) is 18.0 Å². The number of piperidine rings is 1. The summed E-state index contributed by atoms with van der Waals surface area (Å²) >= 11 is 1.69. The van der Waals surface area contributed by atoms with Crippen LogP contribution in [0.4, 0.5) is 0 Å². The molecule has 32 heavy (non-hydrogen) atoms. The summed E-state index contributed by atoms with van der Waals surface area (Å²) in [6.07, 6.45) is 1.69. The Morgan fingerprint density at radius 3 is 2.50 bits per heavy atom. The Hall–Kier alpha value is -2.17. The topological polar surface area (TPSA) is 109 Å². The molecular formula is C22H31N3O5S2. The quantitative estimate of drug-likeness (QED) is 0.564. The van der Waals surface area contributed by atoms with E-state index in [2.05, 4.69) is 23.3 Å². The zero-order chi connectivity index (χ0) is 23.5. The Morgan fingerprint density at radius 2 is 1.91 bits per heavy atom. The molecule has 0 saturated carbocycles. The van der Waals surface area contributed by atoms with Crippen molar-refractivity contribution >= 4 is 33.2 Å². The number of carbonyl (C=O) groups excluding carboxylic acids is 2. The molecule has 1 aliphatic rings. The lowest BCUT2D eigenvalue weighted by atomic mass is 9.97.